The van der Waals surface area contributed by atoms with Crippen LogP contribution in [0.2, 0.25) is 0 Å². The summed E-state index contributed by atoms with van der Waals surface area (Å²) in [6, 6.07) is 2.15. The summed E-state index contributed by atoms with van der Waals surface area (Å²) in [6.07, 6.45) is 4.89. The normalized spacial score (nSPS) is 14.1. The van der Waals surface area contributed by atoms with Gasteiger partial charge in [0.05, 0.1) is 6.54 Å². The minimum Gasteiger partial charge on any atom is -0.361 e. The average Bonchev–Trinajstić information content (AvgIpc) is 3.18. The molecule has 0 saturated heterocycles. The number of anilines is 2. The second-order valence-corrected chi connectivity index (χ2v) is 4.39. The first-order valence-electron chi connectivity index (χ1n) is 6.38. The topological polar surface area (TPSA) is 78.9 Å². The maximum Gasteiger partial charge on any atom is 0.239 e. The van der Waals surface area contributed by atoms with Crippen LogP contribution in [0.25, 0.3) is 0 Å². The fourth-order valence-electron chi connectivity index (χ4n) is 1.46. The Hall–Kier alpha value is -1.85. The maximum atomic E-state index is 11.5. The third-order valence-electron chi connectivity index (χ3n) is 2.56. The molecule has 0 aromatic carbocycles. The molecule has 0 atom stereocenters. The van der Waals surface area contributed by atoms with Crippen LogP contribution in [0.1, 0.15) is 26.2 Å². The predicted octanol–water partition coefficient (Wildman–Crippen LogP) is 0.989. The molecule has 1 amide bonds. The Morgan fingerprint density at radius 1 is 1.44 bits per heavy atom. The predicted molar refractivity (Wildman–Crippen MR) is 70.5 cm³/mol. The molecule has 0 radical (unpaired) electrons. The number of nitrogens with zero attached hydrogens (tertiary/aromatic N) is 2. The van der Waals surface area contributed by atoms with E-state index in [1.165, 1.54) is 0 Å². The monoisotopic (exact) mass is 249 g/mol. The van der Waals surface area contributed by atoms with Gasteiger partial charge in [0.1, 0.15) is 5.82 Å². The number of hydrogen-bond donors (Lipinski definition) is 3. The van der Waals surface area contributed by atoms with Gasteiger partial charge < -0.3 is 16.0 Å². The first-order chi connectivity index (χ1) is 8.78. The standard InChI is InChI=1S/C12H19N5O/c1-2-6-13-12-14-7-5-10(17-12)15-8-11(18)16-9-3-4-9/h5,7,9H,2-4,6,8H2,1H3,(H,16,18)(H2,13,14,15,17). The van der Waals surface area contributed by atoms with Crippen LogP contribution >= 0.6 is 0 Å². The number of nitrogens with one attached hydrogen (secondary N) is 3. The molecule has 0 spiro atoms. The fourth-order valence-corrected chi connectivity index (χ4v) is 1.46. The zero-order valence-electron chi connectivity index (χ0n) is 10.6. The van der Waals surface area contributed by atoms with Gasteiger partial charge in [0.15, 0.2) is 0 Å². The molecule has 6 heteroatoms. The van der Waals surface area contributed by atoms with E-state index in [2.05, 4.69) is 32.8 Å². The van der Waals surface area contributed by atoms with E-state index in [4.69, 9.17) is 0 Å². The van der Waals surface area contributed by atoms with Crippen molar-refractivity contribution in [1.82, 2.24) is 15.3 Å². The molecule has 0 unspecified atom stereocenters. The summed E-state index contributed by atoms with van der Waals surface area (Å²) in [7, 11) is 0. The van der Waals surface area contributed by atoms with Crippen LogP contribution in [-0.2, 0) is 4.79 Å². The van der Waals surface area contributed by atoms with E-state index in [1.54, 1.807) is 12.3 Å². The van der Waals surface area contributed by atoms with Crippen molar-refractivity contribution in [3.05, 3.63) is 12.3 Å². The lowest BCUT2D eigenvalue weighted by Gasteiger charge is -2.08. The van der Waals surface area contributed by atoms with Crippen LogP contribution in [0.5, 0.6) is 0 Å². The van der Waals surface area contributed by atoms with E-state index in [0.717, 1.165) is 25.8 Å². The highest BCUT2D eigenvalue weighted by atomic mass is 16.2. The van der Waals surface area contributed by atoms with E-state index < -0.39 is 0 Å². The number of rotatable bonds is 7. The van der Waals surface area contributed by atoms with Gasteiger partial charge in [0, 0.05) is 18.8 Å². The van der Waals surface area contributed by atoms with Gasteiger partial charge >= 0.3 is 0 Å². The van der Waals surface area contributed by atoms with Gasteiger partial charge in [-0.2, -0.15) is 4.98 Å². The smallest absolute Gasteiger partial charge is 0.239 e. The Morgan fingerprint density at radius 3 is 3.00 bits per heavy atom. The summed E-state index contributed by atoms with van der Waals surface area (Å²) < 4.78 is 0. The summed E-state index contributed by atoms with van der Waals surface area (Å²) in [5.74, 6) is 1.26. The van der Waals surface area contributed by atoms with E-state index in [-0.39, 0.29) is 12.5 Å². The Kier molecular flexibility index (Phi) is 4.33. The molecule has 1 fully saturated rings. The van der Waals surface area contributed by atoms with Crippen molar-refractivity contribution in [3.8, 4) is 0 Å². The van der Waals surface area contributed by atoms with Crippen LogP contribution in [0.15, 0.2) is 12.3 Å². The molecule has 0 aliphatic heterocycles. The van der Waals surface area contributed by atoms with Crippen molar-refractivity contribution in [2.75, 3.05) is 23.7 Å². The van der Waals surface area contributed by atoms with Crippen molar-refractivity contribution in [2.45, 2.75) is 32.2 Å². The van der Waals surface area contributed by atoms with Gasteiger partial charge in [0.25, 0.3) is 0 Å². The van der Waals surface area contributed by atoms with E-state index in [0.29, 0.717) is 17.8 Å². The molecule has 18 heavy (non-hydrogen) atoms. The molecule has 1 heterocycles. The lowest BCUT2D eigenvalue weighted by Crippen LogP contribution is -2.31. The molecule has 98 valence electrons. The first-order valence-corrected chi connectivity index (χ1v) is 6.38. The Bertz CT molecular complexity index is 405. The molecule has 1 aromatic heterocycles. The third-order valence-corrected chi connectivity index (χ3v) is 2.56. The zero-order valence-corrected chi connectivity index (χ0v) is 10.6. The van der Waals surface area contributed by atoms with Crippen LogP contribution < -0.4 is 16.0 Å². The second-order valence-electron chi connectivity index (χ2n) is 4.39. The third kappa shape index (κ3) is 4.20. The SMILES string of the molecule is CCCNc1nccc(NCC(=O)NC2CC2)n1. The highest BCUT2D eigenvalue weighted by Crippen LogP contribution is 2.18. The maximum absolute atomic E-state index is 11.5. The quantitative estimate of drug-likeness (QED) is 0.671. The molecular weight excluding hydrogens is 230 g/mol. The molecule has 1 aliphatic carbocycles. The van der Waals surface area contributed by atoms with Crippen LogP contribution in [0.4, 0.5) is 11.8 Å². The summed E-state index contributed by atoms with van der Waals surface area (Å²) in [5, 5.41) is 9.01. The van der Waals surface area contributed by atoms with E-state index in [1.807, 2.05) is 0 Å². The van der Waals surface area contributed by atoms with Crippen molar-refractivity contribution < 1.29 is 4.79 Å². The number of hydrogen-bond acceptors (Lipinski definition) is 5. The van der Waals surface area contributed by atoms with Crippen molar-refractivity contribution in [1.29, 1.82) is 0 Å². The molecule has 1 aromatic rings. The number of amides is 1. The van der Waals surface area contributed by atoms with E-state index >= 15 is 0 Å². The molecule has 2 rings (SSSR count). The number of aromatic nitrogens is 2. The first kappa shape index (κ1) is 12.6. The summed E-state index contributed by atoms with van der Waals surface area (Å²) in [5.41, 5.74) is 0. The number of carbonyl (C=O) groups is 1. The fraction of sp³-hybridized carbons (Fsp3) is 0.583. The van der Waals surface area contributed by atoms with Crippen LogP contribution in [0, 0.1) is 0 Å². The summed E-state index contributed by atoms with van der Waals surface area (Å²) in [6.45, 7) is 3.17. The highest BCUT2D eigenvalue weighted by molar-refractivity contribution is 5.80. The van der Waals surface area contributed by atoms with Crippen LogP contribution in [0.3, 0.4) is 0 Å². The Balaban J connectivity index is 1.78. The largest absolute Gasteiger partial charge is 0.361 e. The molecule has 3 N–H and O–H groups in total. The molecule has 1 aliphatic rings. The summed E-state index contributed by atoms with van der Waals surface area (Å²) >= 11 is 0. The lowest BCUT2D eigenvalue weighted by atomic mass is 10.5. The van der Waals surface area contributed by atoms with Crippen molar-refractivity contribution >= 4 is 17.7 Å². The minimum atomic E-state index is 0.0131. The summed E-state index contributed by atoms with van der Waals surface area (Å²) in [4.78, 5) is 19.9. The van der Waals surface area contributed by atoms with Crippen molar-refractivity contribution in [3.63, 3.8) is 0 Å². The Morgan fingerprint density at radius 2 is 2.28 bits per heavy atom. The molecule has 0 bridgehead atoms. The zero-order chi connectivity index (χ0) is 12.8. The number of carbonyl (C=O) groups excluding carboxylic acids is 1. The molecule has 6 nitrogen and oxygen atoms in total. The van der Waals surface area contributed by atoms with Crippen molar-refractivity contribution in [2.24, 2.45) is 0 Å². The minimum absolute atomic E-state index is 0.0131. The average molecular weight is 249 g/mol. The molecule has 1 saturated carbocycles. The highest BCUT2D eigenvalue weighted by Gasteiger charge is 2.22. The van der Waals surface area contributed by atoms with Gasteiger partial charge in [-0.15, -0.1) is 0 Å². The van der Waals surface area contributed by atoms with Gasteiger partial charge in [-0.1, -0.05) is 6.92 Å². The van der Waals surface area contributed by atoms with Gasteiger partial charge in [-0.3, -0.25) is 4.79 Å². The molecular formula is C12H19N5O. The lowest BCUT2D eigenvalue weighted by molar-refractivity contribution is -0.119. The van der Waals surface area contributed by atoms with Gasteiger partial charge in [-0.25, -0.2) is 4.98 Å². The Labute approximate surface area is 107 Å². The second kappa shape index (κ2) is 6.18. The van der Waals surface area contributed by atoms with Gasteiger partial charge in [-0.05, 0) is 25.3 Å². The van der Waals surface area contributed by atoms with Crippen LogP contribution in [-0.4, -0.2) is 35.0 Å². The van der Waals surface area contributed by atoms with E-state index in [9.17, 15) is 4.79 Å². The van der Waals surface area contributed by atoms with Gasteiger partial charge in [0.2, 0.25) is 11.9 Å².